The largest absolute Gasteiger partial charge is 0.480 e. The molecule has 6 nitrogen and oxygen atoms in total. The molecule has 34 heavy (non-hydrogen) atoms. The second kappa shape index (κ2) is 12.5. The van der Waals surface area contributed by atoms with Crippen LogP contribution in [-0.4, -0.2) is 50.1 Å². The van der Waals surface area contributed by atoms with Crippen LogP contribution in [0.2, 0.25) is 5.02 Å². The van der Waals surface area contributed by atoms with Crippen molar-refractivity contribution >= 4 is 63.6 Å². The van der Waals surface area contributed by atoms with Crippen molar-refractivity contribution in [3.8, 4) is 0 Å². The Morgan fingerprint density at radius 3 is 2.65 bits per heavy atom. The van der Waals surface area contributed by atoms with Crippen molar-refractivity contribution < 1.29 is 14.7 Å². The van der Waals surface area contributed by atoms with Crippen LogP contribution in [-0.2, 0) is 4.79 Å². The Morgan fingerprint density at radius 2 is 1.97 bits per heavy atom. The highest BCUT2D eigenvalue weighted by Gasteiger charge is 2.30. The molecule has 0 unspecified atom stereocenters. The van der Waals surface area contributed by atoms with Gasteiger partial charge in [0, 0.05) is 17.5 Å². The number of carboxylic acid groups (broad SMARTS) is 1. The van der Waals surface area contributed by atoms with Crippen LogP contribution in [0.5, 0.6) is 0 Å². The topological polar surface area (TPSA) is 82.5 Å². The molecule has 0 saturated heterocycles. The second-order valence-electron chi connectivity index (χ2n) is 9.07. The van der Waals surface area contributed by atoms with E-state index >= 15 is 0 Å². The minimum absolute atomic E-state index is 0.134. The Bertz CT molecular complexity index is 977. The van der Waals surface area contributed by atoms with Crippen molar-refractivity contribution in [2.24, 2.45) is 5.92 Å². The number of carbonyl (C=O) groups excluding carboxylic acids is 1. The second-order valence-corrected chi connectivity index (χ2v) is 13.6. The summed E-state index contributed by atoms with van der Waals surface area (Å²) in [4.78, 5) is 32.0. The number of rotatable bonds is 10. The van der Waals surface area contributed by atoms with Gasteiger partial charge in [-0.1, -0.05) is 53.8 Å². The monoisotopic (exact) mass is 541 g/mol. The Kier molecular flexibility index (Phi) is 10.0. The smallest absolute Gasteiger partial charge is 0.323 e. The first kappa shape index (κ1) is 27.2. The fourth-order valence-corrected chi connectivity index (χ4v) is 7.24. The van der Waals surface area contributed by atoms with Gasteiger partial charge >= 0.3 is 12.0 Å². The van der Waals surface area contributed by atoms with Crippen molar-refractivity contribution in [1.82, 2.24) is 9.88 Å². The van der Waals surface area contributed by atoms with E-state index in [1.54, 1.807) is 31.8 Å². The number of thioether (sulfide) groups is 2. The zero-order valence-corrected chi connectivity index (χ0v) is 23.0. The number of carboxylic acids is 1. The molecule has 2 amide bonds. The van der Waals surface area contributed by atoms with E-state index in [0.29, 0.717) is 17.6 Å². The molecule has 0 atom stereocenters. The summed E-state index contributed by atoms with van der Waals surface area (Å²) < 4.78 is -0.199. The zero-order chi connectivity index (χ0) is 24.7. The summed E-state index contributed by atoms with van der Waals surface area (Å²) in [6.07, 6.45) is 6.77. The maximum atomic E-state index is 13.3. The van der Waals surface area contributed by atoms with Crippen molar-refractivity contribution in [2.45, 2.75) is 72.8 Å². The van der Waals surface area contributed by atoms with Crippen LogP contribution in [0.1, 0.15) is 52.9 Å². The van der Waals surface area contributed by atoms with E-state index < -0.39 is 10.7 Å². The molecule has 1 saturated carbocycles. The molecule has 2 N–H and O–H groups in total. The first-order valence-corrected chi connectivity index (χ1v) is 14.5. The maximum absolute atomic E-state index is 13.3. The van der Waals surface area contributed by atoms with Crippen LogP contribution in [0.3, 0.4) is 0 Å². The molecular formula is C24H32ClN3O3S3. The van der Waals surface area contributed by atoms with Gasteiger partial charge in [-0.25, -0.2) is 9.78 Å². The predicted octanol–water partition coefficient (Wildman–Crippen LogP) is 7.35. The van der Waals surface area contributed by atoms with Gasteiger partial charge in [-0.3, -0.25) is 10.1 Å². The van der Waals surface area contributed by atoms with Crippen molar-refractivity contribution in [2.75, 3.05) is 17.6 Å². The zero-order valence-electron chi connectivity index (χ0n) is 19.8. The third-order valence-corrected chi connectivity index (χ3v) is 9.69. The summed E-state index contributed by atoms with van der Waals surface area (Å²) in [6.45, 7) is 6.25. The fourth-order valence-electron chi connectivity index (χ4n) is 3.81. The fraction of sp³-hybridized carbons (Fsp3) is 0.542. The molecule has 2 aromatic rings. The molecule has 0 bridgehead atoms. The molecule has 0 radical (unpaired) electrons. The molecule has 3 rings (SSSR count). The van der Waals surface area contributed by atoms with Gasteiger partial charge in [0.15, 0.2) is 5.13 Å². The van der Waals surface area contributed by atoms with E-state index in [9.17, 15) is 14.7 Å². The first-order valence-electron chi connectivity index (χ1n) is 11.5. The van der Waals surface area contributed by atoms with Crippen LogP contribution in [0, 0.1) is 5.92 Å². The van der Waals surface area contributed by atoms with Gasteiger partial charge in [0.05, 0.1) is 15.4 Å². The first-order chi connectivity index (χ1) is 16.2. The average molecular weight is 542 g/mol. The molecule has 1 heterocycles. The molecule has 0 aliphatic heterocycles. The number of nitrogens with one attached hydrogen (secondary N) is 1. The van der Waals surface area contributed by atoms with Gasteiger partial charge in [-0.05, 0) is 69.8 Å². The number of carbonyl (C=O) groups is 2. The number of urea groups is 1. The van der Waals surface area contributed by atoms with Crippen LogP contribution < -0.4 is 5.32 Å². The van der Waals surface area contributed by atoms with Gasteiger partial charge < -0.3 is 10.0 Å². The number of aromatic nitrogens is 1. The minimum atomic E-state index is -0.960. The quantitative estimate of drug-likeness (QED) is 0.242. The van der Waals surface area contributed by atoms with E-state index in [2.05, 4.69) is 17.2 Å². The Hall–Kier alpha value is -1.42. The summed E-state index contributed by atoms with van der Waals surface area (Å²) in [5.74, 6) is 0.691. The van der Waals surface area contributed by atoms with Crippen LogP contribution in [0.15, 0.2) is 39.6 Å². The summed E-state index contributed by atoms with van der Waals surface area (Å²) in [6, 6.07) is 7.91. The van der Waals surface area contributed by atoms with Crippen LogP contribution >= 0.6 is 46.5 Å². The number of thiazole rings is 1. The van der Waals surface area contributed by atoms with E-state index in [1.165, 1.54) is 23.1 Å². The standard InChI is InChI=1S/C24H32ClN3O3S3/c1-16-9-11-17(12-10-16)28(13-6-14-32-19-8-5-4-7-18(19)25)23(31)27-22-26-15-20(33-22)34-24(2,3)21(29)30/h4-5,7-8,15-17H,6,9-14H2,1-3H3,(H,29,30)(H,26,27,31)/t16-,17-. The number of benzene rings is 1. The highest BCUT2D eigenvalue weighted by molar-refractivity contribution is 8.03. The van der Waals surface area contributed by atoms with Crippen LogP contribution in [0.25, 0.3) is 0 Å². The molecule has 1 fully saturated rings. The molecule has 1 aromatic carbocycles. The van der Waals surface area contributed by atoms with E-state index in [4.69, 9.17) is 11.6 Å². The van der Waals surface area contributed by atoms with Gasteiger partial charge in [0.2, 0.25) is 0 Å². The van der Waals surface area contributed by atoms with Gasteiger partial charge in [-0.15, -0.1) is 11.8 Å². The average Bonchev–Trinajstić information content (AvgIpc) is 3.21. The maximum Gasteiger partial charge on any atom is 0.323 e. The van der Waals surface area contributed by atoms with Crippen molar-refractivity contribution in [1.29, 1.82) is 0 Å². The molecule has 1 aromatic heterocycles. The summed E-state index contributed by atoms with van der Waals surface area (Å²) in [5, 5.41) is 13.6. The Labute approximate surface area is 219 Å². The van der Waals surface area contributed by atoms with E-state index in [1.807, 2.05) is 29.2 Å². The minimum Gasteiger partial charge on any atom is -0.480 e. The lowest BCUT2D eigenvalue weighted by Crippen LogP contribution is -2.45. The van der Waals surface area contributed by atoms with E-state index in [0.717, 1.165) is 52.0 Å². The Balaban J connectivity index is 1.60. The lowest BCUT2D eigenvalue weighted by Gasteiger charge is -2.36. The van der Waals surface area contributed by atoms with Gasteiger partial charge in [0.25, 0.3) is 0 Å². The third kappa shape index (κ3) is 7.80. The van der Waals surface area contributed by atoms with Gasteiger partial charge in [0.1, 0.15) is 4.75 Å². The highest BCUT2D eigenvalue weighted by atomic mass is 35.5. The number of anilines is 1. The Morgan fingerprint density at radius 1 is 1.26 bits per heavy atom. The number of halogens is 1. The normalized spacial score (nSPS) is 18.5. The van der Waals surface area contributed by atoms with Crippen molar-refractivity contribution in [3.05, 3.63) is 35.5 Å². The lowest BCUT2D eigenvalue weighted by atomic mass is 9.86. The van der Waals surface area contributed by atoms with Crippen LogP contribution in [0.4, 0.5) is 9.93 Å². The molecule has 10 heteroatoms. The van der Waals surface area contributed by atoms with Gasteiger partial charge in [-0.2, -0.15) is 0 Å². The SMILES string of the molecule is CC(C)(Sc1cnc(NC(=O)N(CCCSc2ccccc2Cl)[C@H]2CC[C@H](C)CC2)s1)C(=O)O. The highest BCUT2D eigenvalue weighted by Crippen LogP contribution is 2.38. The summed E-state index contributed by atoms with van der Waals surface area (Å²) in [7, 11) is 0. The number of aliphatic carboxylic acids is 1. The molecule has 186 valence electrons. The van der Waals surface area contributed by atoms with Crippen molar-refractivity contribution in [3.63, 3.8) is 0 Å². The number of amides is 2. The third-order valence-electron chi connectivity index (χ3n) is 5.89. The number of hydrogen-bond acceptors (Lipinski definition) is 6. The predicted molar refractivity (Wildman–Crippen MR) is 144 cm³/mol. The lowest BCUT2D eigenvalue weighted by molar-refractivity contribution is -0.138. The van der Waals surface area contributed by atoms with E-state index in [-0.39, 0.29) is 12.1 Å². The number of hydrogen-bond donors (Lipinski definition) is 2. The summed E-state index contributed by atoms with van der Waals surface area (Å²) in [5.41, 5.74) is 0. The molecule has 1 aliphatic carbocycles. The number of nitrogens with zero attached hydrogens (tertiary/aromatic N) is 2. The summed E-state index contributed by atoms with van der Waals surface area (Å²) >= 11 is 10.5. The molecule has 0 spiro atoms. The molecular weight excluding hydrogens is 510 g/mol. The molecule has 1 aliphatic rings.